The lowest BCUT2D eigenvalue weighted by molar-refractivity contribution is -0.143. The molecular weight excluding hydrogens is 444 g/mol. The van der Waals surface area contributed by atoms with E-state index in [1.54, 1.807) is 0 Å². The van der Waals surface area contributed by atoms with Crippen molar-refractivity contribution in [1.82, 2.24) is 10.6 Å². The number of alkyl carbamates (subject to hydrolysis) is 1. The summed E-state index contributed by atoms with van der Waals surface area (Å²) < 4.78 is 5.57. The minimum atomic E-state index is -0.711. The minimum absolute atomic E-state index is 0.0261. The summed E-state index contributed by atoms with van der Waals surface area (Å²) in [5.41, 5.74) is 4.74. The second-order valence-corrected chi connectivity index (χ2v) is 10.1. The van der Waals surface area contributed by atoms with Crippen LogP contribution in [0.25, 0.3) is 11.1 Å². The number of carboxylic acid groups (broad SMARTS) is 1. The number of aliphatic carboxylic acids is 1. The number of carbonyl (C=O) groups excluding carboxylic acids is 2. The highest BCUT2D eigenvalue weighted by Gasteiger charge is 2.43. The summed E-state index contributed by atoms with van der Waals surface area (Å²) in [6, 6.07) is 16.5. The van der Waals surface area contributed by atoms with E-state index >= 15 is 0 Å². The Kier molecular flexibility index (Phi) is 6.75. The second-order valence-electron chi connectivity index (χ2n) is 10.1. The molecule has 35 heavy (non-hydrogen) atoms. The lowest BCUT2D eigenvalue weighted by Gasteiger charge is -2.26. The van der Waals surface area contributed by atoms with E-state index in [4.69, 9.17) is 9.84 Å². The molecule has 3 aliphatic carbocycles. The summed E-state index contributed by atoms with van der Waals surface area (Å²) in [6.45, 7) is 1.31. The monoisotopic (exact) mass is 476 g/mol. The van der Waals surface area contributed by atoms with Gasteiger partial charge in [-0.1, -0.05) is 48.5 Å². The molecule has 0 heterocycles. The first-order chi connectivity index (χ1) is 17.0. The van der Waals surface area contributed by atoms with Gasteiger partial charge in [-0.3, -0.25) is 9.59 Å². The van der Waals surface area contributed by atoms with E-state index in [-0.39, 0.29) is 36.2 Å². The number of hydrogen-bond acceptors (Lipinski definition) is 4. The van der Waals surface area contributed by atoms with Crippen molar-refractivity contribution in [3.63, 3.8) is 0 Å². The normalized spacial score (nSPS) is 24.7. The molecule has 2 atom stereocenters. The number of amides is 2. The van der Waals surface area contributed by atoms with Crippen LogP contribution in [-0.2, 0) is 14.3 Å². The molecule has 3 aliphatic rings. The largest absolute Gasteiger partial charge is 0.481 e. The van der Waals surface area contributed by atoms with Gasteiger partial charge in [-0.25, -0.2) is 4.79 Å². The van der Waals surface area contributed by atoms with Crippen molar-refractivity contribution in [2.75, 3.05) is 19.7 Å². The van der Waals surface area contributed by atoms with E-state index < -0.39 is 12.1 Å². The third-order valence-electron chi connectivity index (χ3n) is 7.87. The number of hydrogen-bond donors (Lipinski definition) is 3. The van der Waals surface area contributed by atoms with Crippen molar-refractivity contribution in [3.8, 4) is 11.1 Å². The third-order valence-corrected chi connectivity index (χ3v) is 7.87. The summed E-state index contributed by atoms with van der Waals surface area (Å²) >= 11 is 0. The molecule has 0 aromatic heterocycles. The van der Waals surface area contributed by atoms with Crippen molar-refractivity contribution in [2.45, 2.75) is 38.0 Å². The Morgan fingerprint density at radius 2 is 1.49 bits per heavy atom. The summed E-state index contributed by atoms with van der Waals surface area (Å²) in [4.78, 5) is 35.9. The molecule has 7 nitrogen and oxygen atoms in total. The topological polar surface area (TPSA) is 105 Å². The number of nitrogens with one attached hydrogen (secondary N) is 2. The SMILES string of the molecule is O=C(NCC1CC1C(=O)NCC1CCC(C(=O)O)CC1)OCC1c2ccccc2-c2ccccc21. The molecule has 2 saturated carbocycles. The van der Waals surface area contributed by atoms with E-state index in [0.29, 0.717) is 31.8 Å². The molecule has 3 N–H and O–H groups in total. The maximum atomic E-state index is 12.5. The van der Waals surface area contributed by atoms with Gasteiger partial charge in [0.2, 0.25) is 5.91 Å². The van der Waals surface area contributed by atoms with Crippen molar-refractivity contribution >= 4 is 18.0 Å². The van der Waals surface area contributed by atoms with Gasteiger partial charge < -0.3 is 20.5 Å². The number of carbonyl (C=O) groups is 3. The Morgan fingerprint density at radius 3 is 2.11 bits per heavy atom. The van der Waals surface area contributed by atoms with E-state index in [1.165, 1.54) is 22.3 Å². The zero-order valence-electron chi connectivity index (χ0n) is 19.7. The average Bonchev–Trinajstić information content (AvgIpc) is 3.60. The average molecular weight is 477 g/mol. The van der Waals surface area contributed by atoms with Crippen LogP contribution in [0.5, 0.6) is 0 Å². The highest BCUT2D eigenvalue weighted by molar-refractivity contribution is 5.82. The molecule has 2 fully saturated rings. The first-order valence-corrected chi connectivity index (χ1v) is 12.6. The molecule has 0 bridgehead atoms. The van der Waals surface area contributed by atoms with E-state index in [0.717, 1.165) is 19.3 Å². The second kappa shape index (κ2) is 10.1. The number of ether oxygens (including phenoxy) is 1. The predicted octanol–water partition coefficient (Wildman–Crippen LogP) is 4.17. The van der Waals surface area contributed by atoms with Gasteiger partial charge in [0.1, 0.15) is 6.61 Å². The third kappa shape index (κ3) is 5.19. The molecule has 0 aliphatic heterocycles. The maximum absolute atomic E-state index is 12.5. The van der Waals surface area contributed by atoms with Gasteiger partial charge >= 0.3 is 12.1 Å². The molecule has 0 radical (unpaired) electrons. The van der Waals surface area contributed by atoms with Gasteiger partial charge in [-0.15, -0.1) is 0 Å². The fraction of sp³-hybridized carbons (Fsp3) is 0.464. The number of fused-ring (bicyclic) bond motifs is 3. The van der Waals surface area contributed by atoms with Crippen LogP contribution in [0, 0.1) is 23.7 Å². The van der Waals surface area contributed by atoms with Crippen LogP contribution < -0.4 is 10.6 Å². The van der Waals surface area contributed by atoms with Gasteiger partial charge in [0.15, 0.2) is 0 Å². The van der Waals surface area contributed by atoms with Crippen LogP contribution in [0.15, 0.2) is 48.5 Å². The number of benzene rings is 2. The molecule has 0 saturated heterocycles. The molecular formula is C28H32N2O5. The van der Waals surface area contributed by atoms with E-state index in [9.17, 15) is 14.4 Å². The lowest BCUT2D eigenvalue weighted by atomic mass is 9.82. The maximum Gasteiger partial charge on any atom is 0.407 e. The fourth-order valence-corrected chi connectivity index (χ4v) is 5.65. The van der Waals surface area contributed by atoms with Gasteiger partial charge in [0, 0.05) is 24.9 Å². The Bertz CT molecular complexity index is 1060. The Hall–Kier alpha value is -3.35. The molecule has 2 aromatic rings. The highest BCUT2D eigenvalue weighted by Crippen LogP contribution is 2.44. The first-order valence-electron chi connectivity index (χ1n) is 12.6. The van der Waals surface area contributed by atoms with Gasteiger partial charge in [0.05, 0.1) is 5.92 Å². The summed E-state index contributed by atoms with van der Waals surface area (Å²) in [7, 11) is 0. The van der Waals surface area contributed by atoms with Gasteiger partial charge in [-0.2, -0.15) is 0 Å². The minimum Gasteiger partial charge on any atom is -0.481 e. The van der Waals surface area contributed by atoms with Crippen molar-refractivity contribution < 1.29 is 24.2 Å². The van der Waals surface area contributed by atoms with Crippen LogP contribution in [0.2, 0.25) is 0 Å². The van der Waals surface area contributed by atoms with E-state index in [2.05, 4.69) is 34.9 Å². The van der Waals surface area contributed by atoms with Crippen molar-refractivity contribution in [2.24, 2.45) is 23.7 Å². The van der Waals surface area contributed by atoms with Crippen molar-refractivity contribution in [3.05, 3.63) is 59.7 Å². The quantitative estimate of drug-likeness (QED) is 0.531. The first kappa shape index (κ1) is 23.4. The molecule has 2 unspecified atom stereocenters. The molecule has 0 spiro atoms. The van der Waals surface area contributed by atoms with Gasteiger partial charge in [-0.05, 0) is 66.2 Å². The standard InChI is InChI=1S/C28H32N2O5/c31-26(29-14-17-9-11-18(12-10-17)27(32)33)24-13-19(24)15-30-28(34)35-16-25-22-7-3-1-5-20(22)21-6-2-4-8-23(21)25/h1-8,17-19,24-25H,9-16H2,(H,29,31)(H,30,34)(H,32,33). The molecule has 2 aromatic carbocycles. The molecule has 2 amide bonds. The number of rotatable bonds is 8. The zero-order valence-corrected chi connectivity index (χ0v) is 19.7. The Labute approximate surface area is 205 Å². The van der Waals surface area contributed by atoms with Crippen molar-refractivity contribution in [1.29, 1.82) is 0 Å². The highest BCUT2D eigenvalue weighted by atomic mass is 16.5. The molecule has 5 rings (SSSR count). The fourth-order valence-electron chi connectivity index (χ4n) is 5.65. The Balaban J connectivity index is 1.02. The summed E-state index contributed by atoms with van der Waals surface area (Å²) in [6.07, 6.45) is 3.37. The van der Waals surface area contributed by atoms with Crippen LogP contribution >= 0.6 is 0 Å². The molecule has 7 heteroatoms. The number of carboxylic acids is 1. The van der Waals surface area contributed by atoms with Crippen LogP contribution in [0.3, 0.4) is 0 Å². The van der Waals surface area contributed by atoms with Crippen LogP contribution in [0.4, 0.5) is 4.79 Å². The summed E-state index contributed by atoms with van der Waals surface area (Å²) in [5.74, 6) is -0.470. The van der Waals surface area contributed by atoms with Crippen LogP contribution in [-0.4, -0.2) is 42.8 Å². The summed E-state index contributed by atoms with van der Waals surface area (Å²) in [5, 5.41) is 15.0. The van der Waals surface area contributed by atoms with E-state index in [1.807, 2.05) is 24.3 Å². The Morgan fingerprint density at radius 1 is 0.857 bits per heavy atom. The zero-order chi connectivity index (χ0) is 24.4. The van der Waals surface area contributed by atoms with Gasteiger partial charge in [0.25, 0.3) is 0 Å². The lowest BCUT2D eigenvalue weighted by Crippen LogP contribution is -2.34. The van der Waals surface area contributed by atoms with Crippen LogP contribution in [0.1, 0.15) is 49.1 Å². The molecule has 184 valence electrons. The smallest absolute Gasteiger partial charge is 0.407 e. The predicted molar refractivity (Wildman–Crippen MR) is 131 cm³/mol.